The Labute approximate surface area is 160 Å². The van der Waals surface area contributed by atoms with E-state index in [-0.39, 0.29) is 6.61 Å². The van der Waals surface area contributed by atoms with Crippen LogP contribution >= 0.6 is 15.9 Å². The van der Waals surface area contributed by atoms with Gasteiger partial charge in [0, 0.05) is 41.6 Å². The van der Waals surface area contributed by atoms with Crippen LogP contribution in [0.15, 0.2) is 53.3 Å². The zero-order chi connectivity index (χ0) is 18.4. The molecule has 2 heterocycles. The molecule has 0 aliphatic heterocycles. The topological polar surface area (TPSA) is 83.0 Å². The van der Waals surface area contributed by atoms with E-state index in [0.29, 0.717) is 24.7 Å². The Morgan fingerprint density at radius 2 is 2.04 bits per heavy atom. The third-order valence-corrected chi connectivity index (χ3v) is 4.34. The van der Waals surface area contributed by atoms with Gasteiger partial charge in [-0.3, -0.25) is 4.98 Å². The molecule has 0 aliphatic rings. The lowest BCUT2D eigenvalue weighted by molar-refractivity contribution is 0.292. The third kappa shape index (κ3) is 4.77. The zero-order valence-electron chi connectivity index (χ0n) is 14.4. The van der Waals surface area contributed by atoms with Crippen LogP contribution in [0.5, 0.6) is 0 Å². The van der Waals surface area contributed by atoms with Crippen LogP contribution in [0.3, 0.4) is 0 Å². The molecule has 3 rings (SSSR count). The van der Waals surface area contributed by atoms with Crippen LogP contribution in [0.25, 0.3) is 11.3 Å². The van der Waals surface area contributed by atoms with E-state index in [9.17, 15) is 0 Å². The summed E-state index contributed by atoms with van der Waals surface area (Å²) in [6.45, 7) is 2.76. The first-order valence-corrected chi connectivity index (χ1v) is 9.12. The van der Waals surface area contributed by atoms with Gasteiger partial charge in [0.05, 0.1) is 11.4 Å². The Hall–Kier alpha value is -2.51. The van der Waals surface area contributed by atoms with E-state index in [1.807, 2.05) is 43.3 Å². The van der Waals surface area contributed by atoms with Crippen LogP contribution in [0, 0.1) is 6.92 Å². The SMILES string of the molecule is Cc1ccc(Nc2cc(-c3cccnc3)nc(NCCCO)n2)c(Br)c1. The van der Waals surface area contributed by atoms with Gasteiger partial charge in [-0.25, -0.2) is 4.98 Å². The molecule has 0 spiro atoms. The van der Waals surface area contributed by atoms with Crippen LogP contribution in [0.2, 0.25) is 0 Å². The van der Waals surface area contributed by atoms with Crippen LogP contribution in [-0.4, -0.2) is 33.2 Å². The first-order chi connectivity index (χ1) is 12.7. The Morgan fingerprint density at radius 3 is 2.77 bits per heavy atom. The van der Waals surface area contributed by atoms with Gasteiger partial charge in [0.25, 0.3) is 0 Å². The fraction of sp³-hybridized carbons (Fsp3) is 0.211. The number of aryl methyl sites for hydroxylation is 1. The first-order valence-electron chi connectivity index (χ1n) is 8.33. The second kappa shape index (κ2) is 8.73. The lowest BCUT2D eigenvalue weighted by Crippen LogP contribution is -2.09. The molecule has 2 aromatic heterocycles. The maximum Gasteiger partial charge on any atom is 0.225 e. The summed E-state index contributed by atoms with van der Waals surface area (Å²) in [7, 11) is 0. The summed E-state index contributed by atoms with van der Waals surface area (Å²) in [4.78, 5) is 13.3. The second-order valence-corrected chi connectivity index (χ2v) is 6.67. The number of aromatic nitrogens is 3. The molecule has 134 valence electrons. The number of hydrogen-bond acceptors (Lipinski definition) is 6. The Kier molecular flexibility index (Phi) is 6.14. The molecule has 6 nitrogen and oxygen atoms in total. The predicted molar refractivity (Wildman–Crippen MR) is 108 cm³/mol. The van der Waals surface area contributed by atoms with Gasteiger partial charge in [0.1, 0.15) is 5.82 Å². The molecule has 0 atom stereocenters. The molecular weight excluding hydrogens is 394 g/mol. The molecule has 3 N–H and O–H groups in total. The van der Waals surface area contributed by atoms with Crippen molar-refractivity contribution in [3.05, 3.63) is 58.8 Å². The number of pyridine rings is 1. The number of halogens is 1. The van der Waals surface area contributed by atoms with E-state index >= 15 is 0 Å². The predicted octanol–water partition coefficient (Wildman–Crippen LogP) is 4.15. The monoisotopic (exact) mass is 413 g/mol. The number of benzene rings is 1. The fourth-order valence-corrected chi connectivity index (χ4v) is 2.98. The highest BCUT2D eigenvalue weighted by Gasteiger charge is 2.09. The Morgan fingerprint density at radius 1 is 1.15 bits per heavy atom. The van der Waals surface area contributed by atoms with Crippen molar-refractivity contribution < 1.29 is 5.11 Å². The molecule has 7 heteroatoms. The molecular formula is C19H20BrN5O. The minimum absolute atomic E-state index is 0.122. The summed E-state index contributed by atoms with van der Waals surface area (Å²) < 4.78 is 0.967. The Balaban J connectivity index is 1.93. The van der Waals surface area contributed by atoms with Crippen molar-refractivity contribution in [1.29, 1.82) is 0 Å². The number of rotatable bonds is 7. The summed E-state index contributed by atoms with van der Waals surface area (Å²) in [5, 5.41) is 15.5. The molecule has 1 aromatic carbocycles. The molecule has 0 fully saturated rings. The van der Waals surface area contributed by atoms with Crippen LogP contribution < -0.4 is 10.6 Å². The number of hydrogen-bond donors (Lipinski definition) is 3. The van der Waals surface area contributed by atoms with Gasteiger partial charge >= 0.3 is 0 Å². The van der Waals surface area contributed by atoms with Crippen molar-refractivity contribution in [3.8, 4) is 11.3 Å². The number of anilines is 3. The zero-order valence-corrected chi connectivity index (χ0v) is 16.0. The highest BCUT2D eigenvalue weighted by atomic mass is 79.9. The van der Waals surface area contributed by atoms with Crippen LogP contribution in [0.4, 0.5) is 17.5 Å². The molecule has 0 aliphatic carbocycles. The number of aliphatic hydroxyl groups excluding tert-OH is 1. The maximum absolute atomic E-state index is 8.97. The summed E-state index contributed by atoms with van der Waals surface area (Å²) in [5.74, 6) is 1.18. The highest BCUT2D eigenvalue weighted by molar-refractivity contribution is 9.10. The third-order valence-electron chi connectivity index (χ3n) is 3.69. The van der Waals surface area contributed by atoms with E-state index in [2.05, 4.69) is 41.5 Å². The lowest BCUT2D eigenvalue weighted by Gasteiger charge is -2.12. The van der Waals surface area contributed by atoms with Gasteiger partial charge in [0.2, 0.25) is 5.95 Å². The molecule has 0 radical (unpaired) electrons. The number of nitrogens with zero attached hydrogens (tertiary/aromatic N) is 3. The van der Waals surface area contributed by atoms with Crippen molar-refractivity contribution in [2.45, 2.75) is 13.3 Å². The normalized spacial score (nSPS) is 10.6. The molecule has 0 saturated carbocycles. The minimum Gasteiger partial charge on any atom is -0.396 e. The van der Waals surface area contributed by atoms with E-state index in [0.717, 1.165) is 21.4 Å². The van der Waals surface area contributed by atoms with Gasteiger partial charge < -0.3 is 15.7 Å². The van der Waals surface area contributed by atoms with Crippen molar-refractivity contribution >= 4 is 33.4 Å². The molecule has 26 heavy (non-hydrogen) atoms. The van der Waals surface area contributed by atoms with E-state index in [4.69, 9.17) is 5.11 Å². The number of aliphatic hydroxyl groups is 1. The van der Waals surface area contributed by atoms with Gasteiger partial charge in [-0.1, -0.05) is 6.07 Å². The minimum atomic E-state index is 0.122. The molecule has 0 unspecified atom stereocenters. The van der Waals surface area contributed by atoms with Crippen molar-refractivity contribution in [3.63, 3.8) is 0 Å². The second-order valence-electron chi connectivity index (χ2n) is 5.82. The smallest absolute Gasteiger partial charge is 0.225 e. The van der Waals surface area contributed by atoms with Gasteiger partial charge in [0.15, 0.2) is 0 Å². The van der Waals surface area contributed by atoms with Crippen molar-refractivity contribution in [2.24, 2.45) is 0 Å². The van der Waals surface area contributed by atoms with Crippen LogP contribution in [-0.2, 0) is 0 Å². The average molecular weight is 414 g/mol. The molecule has 0 bridgehead atoms. The molecule has 3 aromatic rings. The first kappa shape index (κ1) is 18.3. The lowest BCUT2D eigenvalue weighted by atomic mass is 10.2. The van der Waals surface area contributed by atoms with Gasteiger partial charge in [-0.2, -0.15) is 4.98 Å². The maximum atomic E-state index is 8.97. The van der Waals surface area contributed by atoms with E-state index < -0.39 is 0 Å². The number of nitrogens with one attached hydrogen (secondary N) is 2. The summed E-state index contributed by atoms with van der Waals surface area (Å²) in [6.07, 6.45) is 4.13. The fourth-order valence-electron chi connectivity index (χ4n) is 2.39. The van der Waals surface area contributed by atoms with Crippen molar-refractivity contribution in [2.75, 3.05) is 23.8 Å². The molecule has 0 amide bonds. The standard InChI is InChI=1S/C19H20BrN5O/c1-13-5-6-16(15(20)10-13)23-18-11-17(14-4-2-7-21-12-14)24-19(25-18)22-8-3-9-26/h2,4-7,10-12,26H,3,8-9H2,1H3,(H2,22,23,24,25). The van der Waals surface area contributed by atoms with Crippen LogP contribution in [0.1, 0.15) is 12.0 Å². The average Bonchev–Trinajstić information content (AvgIpc) is 2.65. The quantitative estimate of drug-likeness (QED) is 0.504. The van der Waals surface area contributed by atoms with E-state index in [1.165, 1.54) is 5.56 Å². The summed E-state index contributed by atoms with van der Waals surface area (Å²) in [6, 6.07) is 11.8. The largest absolute Gasteiger partial charge is 0.396 e. The van der Waals surface area contributed by atoms with Gasteiger partial charge in [-0.05, 0) is 59.1 Å². The highest BCUT2D eigenvalue weighted by Crippen LogP contribution is 2.28. The summed E-state index contributed by atoms with van der Waals surface area (Å²) >= 11 is 3.58. The van der Waals surface area contributed by atoms with Crippen molar-refractivity contribution in [1.82, 2.24) is 15.0 Å². The van der Waals surface area contributed by atoms with Gasteiger partial charge in [-0.15, -0.1) is 0 Å². The summed E-state index contributed by atoms with van der Waals surface area (Å²) in [5.41, 5.74) is 3.77. The Bertz CT molecular complexity index is 873. The molecule has 0 saturated heterocycles. The van der Waals surface area contributed by atoms with E-state index in [1.54, 1.807) is 12.4 Å².